The fraction of sp³-hybridized carbons (Fsp3) is 0.500. The van der Waals surface area contributed by atoms with Crippen LogP contribution in [-0.4, -0.2) is 32.7 Å². The molecule has 1 amide bonds. The van der Waals surface area contributed by atoms with Crippen LogP contribution in [0.3, 0.4) is 0 Å². The molecular weight excluding hydrogens is 242 g/mol. The van der Waals surface area contributed by atoms with E-state index >= 15 is 0 Å². The molecule has 1 aromatic rings. The van der Waals surface area contributed by atoms with Crippen molar-refractivity contribution in [1.29, 1.82) is 0 Å². The summed E-state index contributed by atoms with van der Waals surface area (Å²) in [5, 5.41) is 2.88. The van der Waals surface area contributed by atoms with Crippen molar-refractivity contribution in [2.75, 3.05) is 31.6 Å². The number of hydrogen-bond acceptors (Lipinski definition) is 4. The highest BCUT2D eigenvalue weighted by Crippen LogP contribution is 2.33. The number of benzene rings is 1. The van der Waals surface area contributed by atoms with Gasteiger partial charge < -0.3 is 20.7 Å². The monoisotopic (exact) mass is 263 g/mol. The second-order valence-corrected chi connectivity index (χ2v) is 4.81. The Hall–Kier alpha value is -1.75. The molecule has 0 aliphatic carbocycles. The van der Waals surface area contributed by atoms with Crippen molar-refractivity contribution in [3.05, 3.63) is 23.8 Å². The maximum atomic E-state index is 11.7. The van der Waals surface area contributed by atoms with E-state index in [0.29, 0.717) is 6.54 Å². The van der Waals surface area contributed by atoms with E-state index in [1.165, 1.54) is 0 Å². The molecule has 1 unspecified atom stereocenters. The van der Waals surface area contributed by atoms with Gasteiger partial charge in [0.05, 0.1) is 13.7 Å². The molecular formula is C14H21N3O2. The molecule has 1 saturated heterocycles. The van der Waals surface area contributed by atoms with Crippen LogP contribution in [0.1, 0.15) is 24.9 Å². The second-order valence-electron chi connectivity index (χ2n) is 4.81. The van der Waals surface area contributed by atoms with E-state index in [4.69, 9.17) is 10.5 Å². The largest absolute Gasteiger partial charge is 0.496 e. The van der Waals surface area contributed by atoms with Gasteiger partial charge >= 0.3 is 0 Å². The second kappa shape index (κ2) is 5.93. The van der Waals surface area contributed by atoms with E-state index < -0.39 is 0 Å². The van der Waals surface area contributed by atoms with E-state index in [1.807, 2.05) is 25.1 Å². The van der Waals surface area contributed by atoms with Gasteiger partial charge in [0.2, 0.25) is 5.91 Å². The number of nitrogens with zero attached hydrogens (tertiary/aromatic N) is 1. The Balaban J connectivity index is 2.39. The van der Waals surface area contributed by atoms with Gasteiger partial charge in [-0.1, -0.05) is 6.07 Å². The van der Waals surface area contributed by atoms with Crippen molar-refractivity contribution in [3.63, 3.8) is 0 Å². The average Bonchev–Trinajstić information content (AvgIpc) is 2.62. The van der Waals surface area contributed by atoms with Gasteiger partial charge in [-0.15, -0.1) is 0 Å². The van der Waals surface area contributed by atoms with Crippen molar-refractivity contribution in [2.24, 2.45) is 5.73 Å². The summed E-state index contributed by atoms with van der Waals surface area (Å²) in [6.45, 7) is 3.87. The van der Waals surface area contributed by atoms with E-state index in [-0.39, 0.29) is 11.9 Å². The first kappa shape index (κ1) is 13.7. The zero-order chi connectivity index (χ0) is 13.8. The number of anilines is 1. The Morgan fingerprint density at radius 3 is 2.95 bits per heavy atom. The molecule has 5 heteroatoms. The maximum absolute atomic E-state index is 11.7. The zero-order valence-corrected chi connectivity index (χ0v) is 11.5. The predicted octanol–water partition coefficient (Wildman–Crippen LogP) is 1.04. The minimum Gasteiger partial charge on any atom is -0.496 e. The maximum Gasteiger partial charge on any atom is 0.239 e. The summed E-state index contributed by atoms with van der Waals surface area (Å²) in [5.74, 6) is 0.827. The summed E-state index contributed by atoms with van der Waals surface area (Å²) in [4.78, 5) is 13.8. The Labute approximate surface area is 113 Å². The van der Waals surface area contributed by atoms with Crippen LogP contribution >= 0.6 is 0 Å². The van der Waals surface area contributed by atoms with Crippen LogP contribution in [0.4, 0.5) is 5.69 Å². The fourth-order valence-corrected chi connectivity index (χ4v) is 2.46. The van der Waals surface area contributed by atoms with Gasteiger partial charge in [-0.2, -0.15) is 0 Å². The first-order valence-electron chi connectivity index (χ1n) is 6.57. The molecule has 0 bridgehead atoms. The summed E-state index contributed by atoms with van der Waals surface area (Å²) in [6, 6.07) is 5.69. The van der Waals surface area contributed by atoms with Crippen molar-refractivity contribution in [3.8, 4) is 5.75 Å². The Bertz CT molecular complexity index is 460. The minimum absolute atomic E-state index is 0.0518. The van der Waals surface area contributed by atoms with Crippen LogP contribution < -0.4 is 20.7 Å². The molecule has 0 spiro atoms. The van der Waals surface area contributed by atoms with Crippen LogP contribution in [0.15, 0.2) is 18.2 Å². The highest BCUT2D eigenvalue weighted by atomic mass is 16.5. The molecule has 0 radical (unpaired) electrons. The van der Waals surface area contributed by atoms with Gasteiger partial charge in [0.1, 0.15) is 5.75 Å². The van der Waals surface area contributed by atoms with Crippen LogP contribution in [-0.2, 0) is 4.79 Å². The first-order chi connectivity index (χ1) is 9.13. The van der Waals surface area contributed by atoms with E-state index in [1.54, 1.807) is 7.11 Å². The van der Waals surface area contributed by atoms with Crippen LogP contribution in [0.25, 0.3) is 0 Å². The molecule has 1 heterocycles. The zero-order valence-electron chi connectivity index (χ0n) is 11.5. The smallest absolute Gasteiger partial charge is 0.239 e. The standard InChI is InChI=1S/C14H21N3O2/c1-10(15)14-11(5-3-6-12(14)19-2)17-8-4-7-16-13(18)9-17/h3,5-6,10H,4,7-9,15H2,1-2H3,(H,16,18). The number of rotatable bonds is 3. The number of methoxy groups -OCH3 is 1. The fourth-order valence-electron chi connectivity index (χ4n) is 2.46. The summed E-state index contributed by atoms with van der Waals surface area (Å²) >= 11 is 0. The number of hydrogen-bond donors (Lipinski definition) is 2. The Kier molecular flexibility index (Phi) is 4.27. The Morgan fingerprint density at radius 2 is 2.26 bits per heavy atom. The van der Waals surface area contributed by atoms with Gasteiger partial charge in [0.25, 0.3) is 0 Å². The lowest BCUT2D eigenvalue weighted by atomic mass is 10.0. The molecule has 19 heavy (non-hydrogen) atoms. The molecule has 2 rings (SSSR count). The van der Waals surface area contributed by atoms with E-state index in [9.17, 15) is 4.79 Å². The molecule has 1 aromatic carbocycles. The third-order valence-corrected chi connectivity index (χ3v) is 3.32. The van der Waals surface area contributed by atoms with Crippen molar-refractivity contribution in [1.82, 2.24) is 5.32 Å². The third kappa shape index (κ3) is 2.98. The van der Waals surface area contributed by atoms with Crippen LogP contribution in [0, 0.1) is 0 Å². The van der Waals surface area contributed by atoms with Gasteiger partial charge in [-0.05, 0) is 25.5 Å². The lowest BCUT2D eigenvalue weighted by molar-refractivity contribution is -0.119. The molecule has 0 saturated carbocycles. The number of amides is 1. The summed E-state index contributed by atoms with van der Waals surface area (Å²) < 4.78 is 5.39. The van der Waals surface area contributed by atoms with Gasteiger partial charge in [0.15, 0.2) is 0 Å². The van der Waals surface area contributed by atoms with Crippen molar-refractivity contribution >= 4 is 11.6 Å². The summed E-state index contributed by atoms with van der Waals surface area (Å²) in [5.41, 5.74) is 8.01. The number of nitrogens with two attached hydrogens (primary N) is 1. The van der Waals surface area contributed by atoms with Crippen LogP contribution in [0.2, 0.25) is 0 Å². The number of carbonyl (C=O) groups excluding carboxylic acids is 1. The summed E-state index contributed by atoms with van der Waals surface area (Å²) in [7, 11) is 1.64. The van der Waals surface area contributed by atoms with Crippen molar-refractivity contribution < 1.29 is 9.53 Å². The first-order valence-corrected chi connectivity index (χ1v) is 6.57. The lowest BCUT2D eigenvalue weighted by Crippen LogP contribution is -2.34. The molecule has 5 nitrogen and oxygen atoms in total. The highest BCUT2D eigenvalue weighted by Gasteiger charge is 2.21. The minimum atomic E-state index is -0.141. The third-order valence-electron chi connectivity index (χ3n) is 3.32. The van der Waals surface area contributed by atoms with Gasteiger partial charge in [0, 0.05) is 30.4 Å². The van der Waals surface area contributed by atoms with Gasteiger partial charge in [-0.3, -0.25) is 4.79 Å². The van der Waals surface area contributed by atoms with E-state index in [0.717, 1.165) is 36.5 Å². The molecule has 1 atom stereocenters. The molecule has 104 valence electrons. The average molecular weight is 263 g/mol. The SMILES string of the molecule is COc1cccc(N2CCCNC(=O)C2)c1C(C)N. The van der Waals surface area contributed by atoms with Crippen molar-refractivity contribution in [2.45, 2.75) is 19.4 Å². The normalized spacial score (nSPS) is 17.6. The molecule has 1 aliphatic rings. The molecule has 0 aromatic heterocycles. The van der Waals surface area contributed by atoms with Gasteiger partial charge in [-0.25, -0.2) is 0 Å². The number of nitrogens with one attached hydrogen (secondary N) is 1. The predicted molar refractivity (Wildman–Crippen MR) is 75.4 cm³/mol. The van der Waals surface area contributed by atoms with E-state index in [2.05, 4.69) is 10.2 Å². The Morgan fingerprint density at radius 1 is 1.47 bits per heavy atom. The lowest BCUT2D eigenvalue weighted by Gasteiger charge is -2.27. The molecule has 3 N–H and O–H groups in total. The summed E-state index contributed by atoms with van der Waals surface area (Å²) in [6.07, 6.45) is 0.932. The van der Waals surface area contributed by atoms with Crippen LogP contribution in [0.5, 0.6) is 5.75 Å². The number of carbonyl (C=O) groups is 1. The quantitative estimate of drug-likeness (QED) is 0.855. The number of ether oxygens (including phenoxy) is 1. The molecule has 1 fully saturated rings. The topological polar surface area (TPSA) is 67.6 Å². The highest BCUT2D eigenvalue weighted by molar-refractivity contribution is 5.82. The molecule has 1 aliphatic heterocycles.